The minimum Gasteiger partial charge on any atom is -0.480 e. The van der Waals surface area contributed by atoms with Crippen LogP contribution in [-0.4, -0.2) is 41.0 Å². The van der Waals surface area contributed by atoms with Crippen molar-refractivity contribution >= 4 is 41.0 Å². The van der Waals surface area contributed by atoms with Crippen LogP contribution in [0.5, 0.6) is 0 Å². The van der Waals surface area contributed by atoms with Crippen molar-refractivity contribution in [2.24, 2.45) is 0 Å². The van der Waals surface area contributed by atoms with Crippen LogP contribution in [0.1, 0.15) is 10.5 Å². The van der Waals surface area contributed by atoms with Crippen LogP contribution in [-0.2, 0) is 9.59 Å². The molecule has 0 aliphatic carbocycles. The third-order valence-corrected chi connectivity index (χ3v) is 2.39. The Hall–Kier alpha value is -1.86. The van der Waals surface area contributed by atoms with Crippen LogP contribution >= 0.6 is 23.2 Å². The van der Waals surface area contributed by atoms with E-state index in [4.69, 9.17) is 28.3 Å². The van der Waals surface area contributed by atoms with E-state index in [9.17, 15) is 14.4 Å². The number of nitrogens with zero attached hydrogens (tertiary/aromatic N) is 1. The van der Waals surface area contributed by atoms with Crippen molar-refractivity contribution in [2.75, 3.05) is 13.1 Å². The summed E-state index contributed by atoms with van der Waals surface area (Å²) in [5.74, 6) is -2.51. The summed E-state index contributed by atoms with van der Waals surface area (Å²) in [4.78, 5) is 36.7. The summed E-state index contributed by atoms with van der Waals surface area (Å²) in [6.45, 7) is -0.915. The molecule has 9 heteroatoms. The van der Waals surface area contributed by atoms with Crippen molar-refractivity contribution in [3.8, 4) is 0 Å². The van der Waals surface area contributed by atoms with Gasteiger partial charge in [0, 0.05) is 0 Å². The lowest BCUT2D eigenvalue weighted by molar-refractivity contribution is -0.137. The second kappa shape index (κ2) is 6.91. The third-order valence-electron chi connectivity index (χ3n) is 1.87. The number of aliphatic carboxylic acids is 1. The molecule has 102 valence electrons. The molecular weight excluding hydrogens is 297 g/mol. The van der Waals surface area contributed by atoms with Crippen molar-refractivity contribution < 1.29 is 19.5 Å². The van der Waals surface area contributed by atoms with Gasteiger partial charge in [-0.1, -0.05) is 23.2 Å². The Labute approximate surface area is 117 Å². The van der Waals surface area contributed by atoms with E-state index in [1.54, 1.807) is 0 Å². The smallest absolute Gasteiger partial charge is 0.322 e. The Balaban J connectivity index is 2.53. The fraction of sp³-hybridized carbons (Fsp3) is 0.200. The van der Waals surface area contributed by atoms with Crippen LogP contribution in [0.3, 0.4) is 0 Å². The number of halogens is 2. The molecule has 0 aliphatic rings. The maximum atomic E-state index is 11.6. The van der Waals surface area contributed by atoms with Gasteiger partial charge >= 0.3 is 5.97 Å². The fourth-order valence-electron chi connectivity index (χ4n) is 1.06. The molecule has 0 fully saturated rings. The largest absolute Gasteiger partial charge is 0.480 e. The van der Waals surface area contributed by atoms with E-state index in [1.807, 2.05) is 0 Å². The molecule has 0 unspecified atom stereocenters. The monoisotopic (exact) mass is 305 g/mol. The third kappa shape index (κ3) is 5.11. The minimum absolute atomic E-state index is 0.0879. The average molecular weight is 306 g/mol. The van der Waals surface area contributed by atoms with Gasteiger partial charge in [-0.05, 0) is 12.1 Å². The van der Waals surface area contributed by atoms with E-state index in [2.05, 4.69) is 15.6 Å². The molecule has 0 aliphatic heterocycles. The lowest BCUT2D eigenvalue weighted by atomic mass is 10.3. The molecule has 0 radical (unpaired) electrons. The molecule has 1 heterocycles. The number of aromatic nitrogens is 1. The van der Waals surface area contributed by atoms with E-state index in [0.29, 0.717) is 0 Å². The van der Waals surface area contributed by atoms with Gasteiger partial charge in [0.2, 0.25) is 5.91 Å². The first-order valence-corrected chi connectivity index (χ1v) is 5.74. The molecular formula is C10H9Cl2N3O4. The minimum atomic E-state index is -1.18. The highest BCUT2D eigenvalue weighted by atomic mass is 35.5. The summed E-state index contributed by atoms with van der Waals surface area (Å²) >= 11 is 11.4. The van der Waals surface area contributed by atoms with Gasteiger partial charge in [0.05, 0.1) is 11.6 Å². The van der Waals surface area contributed by atoms with Crippen molar-refractivity contribution in [1.82, 2.24) is 15.6 Å². The van der Waals surface area contributed by atoms with E-state index in [1.165, 1.54) is 12.1 Å². The highest BCUT2D eigenvalue weighted by molar-refractivity contribution is 6.34. The van der Waals surface area contributed by atoms with Crippen LogP contribution in [0.2, 0.25) is 10.2 Å². The maximum Gasteiger partial charge on any atom is 0.322 e. The number of carboxylic acid groups (broad SMARTS) is 1. The molecule has 0 saturated heterocycles. The molecule has 1 aromatic rings. The van der Waals surface area contributed by atoms with Crippen molar-refractivity contribution in [3.63, 3.8) is 0 Å². The molecule has 7 nitrogen and oxygen atoms in total. The standard InChI is InChI=1S/C10H9Cl2N3O4/c11-5-1-2-6(12)15-9(5)10(19)14-3-7(16)13-4-8(17)18/h1-2H,3-4H2,(H,13,16)(H,14,19)(H,17,18). The summed E-state index contributed by atoms with van der Waals surface area (Å²) in [5, 5.41) is 12.8. The first-order chi connectivity index (χ1) is 8.90. The van der Waals surface area contributed by atoms with Gasteiger partial charge in [0.15, 0.2) is 0 Å². The molecule has 0 saturated carbocycles. The van der Waals surface area contributed by atoms with Crippen LogP contribution < -0.4 is 10.6 Å². The lowest BCUT2D eigenvalue weighted by Gasteiger charge is -2.06. The molecule has 0 atom stereocenters. The molecule has 1 rings (SSSR count). The number of carbonyl (C=O) groups is 3. The normalized spacial score (nSPS) is 9.79. The number of carbonyl (C=O) groups excluding carboxylic acids is 2. The van der Waals surface area contributed by atoms with Gasteiger partial charge in [-0.3, -0.25) is 14.4 Å². The second-order valence-corrected chi connectivity index (χ2v) is 4.11. The van der Waals surface area contributed by atoms with E-state index < -0.39 is 30.9 Å². The second-order valence-electron chi connectivity index (χ2n) is 3.32. The number of amides is 2. The van der Waals surface area contributed by atoms with Crippen molar-refractivity contribution in [2.45, 2.75) is 0 Å². The van der Waals surface area contributed by atoms with Gasteiger partial charge in [0.25, 0.3) is 5.91 Å². The Kier molecular flexibility index (Phi) is 5.53. The first-order valence-electron chi connectivity index (χ1n) is 4.99. The van der Waals surface area contributed by atoms with Crippen LogP contribution in [0, 0.1) is 0 Å². The fourth-order valence-corrected chi connectivity index (χ4v) is 1.40. The molecule has 3 N–H and O–H groups in total. The summed E-state index contributed by atoms with van der Waals surface area (Å²) in [6, 6.07) is 2.82. The molecule has 0 aromatic carbocycles. The molecule has 1 aromatic heterocycles. The van der Waals surface area contributed by atoms with Gasteiger partial charge in [-0.25, -0.2) is 4.98 Å². The number of nitrogens with one attached hydrogen (secondary N) is 2. The zero-order valence-electron chi connectivity index (χ0n) is 9.44. The number of carboxylic acids is 1. The van der Waals surface area contributed by atoms with Crippen LogP contribution in [0.25, 0.3) is 0 Å². The summed E-state index contributed by atoms with van der Waals surface area (Å²) in [5.41, 5.74) is -0.111. The molecule has 19 heavy (non-hydrogen) atoms. The van der Waals surface area contributed by atoms with Gasteiger partial charge in [-0.2, -0.15) is 0 Å². The van der Waals surface area contributed by atoms with E-state index in [0.717, 1.165) is 0 Å². The quantitative estimate of drug-likeness (QED) is 0.679. The Morgan fingerprint density at radius 3 is 2.47 bits per heavy atom. The predicted octanol–water partition coefficient (Wildman–Crippen LogP) is 0.319. The van der Waals surface area contributed by atoms with Gasteiger partial charge < -0.3 is 15.7 Å². The highest BCUT2D eigenvalue weighted by Crippen LogP contribution is 2.16. The number of hydrogen-bond acceptors (Lipinski definition) is 4. The maximum absolute atomic E-state index is 11.6. The average Bonchev–Trinajstić information content (AvgIpc) is 2.36. The summed E-state index contributed by atoms with van der Waals surface area (Å²) < 4.78 is 0. The Bertz CT molecular complexity index is 521. The van der Waals surface area contributed by atoms with Crippen LogP contribution in [0.15, 0.2) is 12.1 Å². The zero-order valence-corrected chi connectivity index (χ0v) is 11.0. The SMILES string of the molecule is O=C(O)CNC(=O)CNC(=O)c1nc(Cl)ccc1Cl. The topological polar surface area (TPSA) is 108 Å². The summed E-state index contributed by atoms with van der Waals surface area (Å²) in [7, 11) is 0. The van der Waals surface area contributed by atoms with E-state index in [-0.39, 0.29) is 15.9 Å². The number of hydrogen-bond donors (Lipinski definition) is 3. The highest BCUT2D eigenvalue weighted by Gasteiger charge is 2.14. The predicted molar refractivity (Wildman–Crippen MR) is 67.2 cm³/mol. The summed E-state index contributed by atoms with van der Waals surface area (Å²) in [6.07, 6.45) is 0. The van der Waals surface area contributed by atoms with Crippen LogP contribution in [0.4, 0.5) is 0 Å². The molecule has 0 bridgehead atoms. The number of pyridine rings is 1. The molecule has 2 amide bonds. The molecule has 0 spiro atoms. The van der Waals surface area contributed by atoms with Gasteiger partial charge in [0.1, 0.15) is 17.4 Å². The zero-order chi connectivity index (χ0) is 14.4. The first kappa shape index (κ1) is 15.2. The van der Waals surface area contributed by atoms with E-state index >= 15 is 0 Å². The Morgan fingerprint density at radius 1 is 1.16 bits per heavy atom. The van der Waals surface area contributed by atoms with Crippen molar-refractivity contribution in [1.29, 1.82) is 0 Å². The number of rotatable bonds is 5. The van der Waals surface area contributed by atoms with Gasteiger partial charge in [-0.15, -0.1) is 0 Å². The lowest BCUT2D eigenvalue weighted by Crippen LogP contribution is -2.39. The van der Waals surface area contributed by atoms with Crippen molar-refractivity contribution in [3.05, 3.63) is 28.0 Å². The Morgan fingerprint density at radius 2 is 1.84 bits per heavy atom.